The summed E-state index contributed by atoms with van der Waals surface area (Å²) in [5.74, 6) is -2.21. The van der Waals surface area contributed by atoms with Gasteiger partial charge < -0.3 is 10.5 Å². The molecule has 1 aromatic carbocycles. The summed E-state index contributed by atoms with van der Waals surface area (Å²) in [6.07, 6.45) is -1.21. The number of primary amides is 1. The third-order valence-electron chi connectivity index (χ3n) is 2.05. The van der Waals surface area contributed by atoms with Crippen molar-refractivity contribution in [2.75, 3.05) is 0 Å². The summed E-state index contributed by atoms with van der Waals surface area (Å²) in [6, 6.07) is 2.33. The predicted octanol–water partition coefficient (Wildman–Crippen LogP) is 1.33. The van der Waals surface area contributed by atoms with E-state index in [2.05, 4.69) is 15.9 Å². The Kier molecular flexibility index (Phi) is 4.99. The van der Waals surface area contributed by atoms with Gasteiger partial charge in [0.1, 0.15) is 5.82 Å². The number of nitrogens with one attached hydrogen (secondary N) is 1. The van der Waals surface area contributed by atoms with Gasteiger partial charge >= 0.3 is 12.0 Å². The van der Waals surface area contributed by atoms with Gasteiger partial charge in [0.2, 0.25) is 0 Å². The highest BCUT2D eigenvalue weighted by Gasteiger charge is 2.21. The molecular weight excluding hydrogens is 323 g/mol. The minimum absolute atomic E-state index is 0.0557. The molecule has 0 saturated heterocycles. The standard InChI is InChI=1S/C11H10BrFN2O4/c1-5(9(16)15-11(14)18)19-10(17)7-3-2-6(13)4-8(7)12/h2-5H,1H3,(H3,14,15,16,18)/t5-/m1/s1. The van der Waals surface area contributed by atoms with Gasteiger partial charge in [0.15, 0.2) is 6.10 Å². The van der Waals surface area contributed by atoms with Crippen LogP contribution in [0.25, 0.3) is 0 Å². The lowest BCUT2D eigenvalue weighted by Crippen LogP contribution is -2.42. The molecule has 0 fully saturated rings. The zero-order valence-corrected chi connectivity index (χ0v) is 11.4. The molecule has 1 atom stereocenters. The van der Waals surface area contributed by atoms with Gasteiger partial charge in [-0.1, -0.05) is 0 Å². The third kappa shape index (κ3) is 4.32. The van der Waals surface area contributed by atoms with E-state index in [1.807, 2.05) is 0 Å². The van der Waals surface area contributed by atoms with Crippen LogP contribution in [0.5, 0.6) is 0 Å². The third-order valence-corrected chi connectivity index (χ3v) is 2.71. The second-order valence-electron chi connectivity index (χ2n) is 3.53. The van der Waals surface area contributed by atoms with Crippen LogP contribution in [-0.2, 0) is 9.53 Å². The molecule has 0 spiro atoms. The highest BCUT2D eigenvalue weighted by molar-refractivity contribution is 9.10. The second-order valence-corrected chi connectivity index (χ2v) is 4.38. The summed E-state index contributed by atoms with van der Waals surface area (Å²) in [6.45, 7) is 1.27. The number of ether oxygens (including phenoxy) is 1. The number of rotatable bonds is 3. The van der Waals surface area contributed by atoms with E-state index in [9.17, 15) is 18.8 Å². The average molecular weight is 333 g/mol. The zero-order valence-electron chi connectivity index (χ0n) is 9.78. The summed E-state index contributed by atoms with van der Waals surface area (Å²) >= 11 is 3.00. The second kappa shape index (κ2) is 6.28. The normalized spacial score (nSPS) is 11.5. The minimum atomic E-state index is -1.21. The molecule has 0 aliphatic rings. The van der Waals surface area contributed by atoms with Crippen LogP contribution < -0.4 is 11.1 Å². The number of carbonyl (C=O) groups excluding carboxylic acids is 3. The molecule has 3 amide bonds. The van der Waals surface area contributed by atoms with Crippen molar-refractivity contribution in [1.29, 1.82) is 0 Å². The molecule has 0 aromatic heterocycles. The van der Waals surface area contributed by atoms with E-state index >= 15 is 0 Å². The fourth-order valence-electron chi connectivity index (χ4n) is 1.16. The van der Waals surface area contributed by atoms with Crippen molar-refractivity contribution in [3.8, 4) is 0 Å². The lowest BCUT2D eigenvalue weighted by atomic mass is 10.2. The van der Waals surface area contributed by atoms with Crippen LogP contribution in [-0.4, -0.2) is 24.0 Å². The van der Waals surface area contributed by atoms with Crippen LogP contribution in [0.3, 0.4) is 0 Å². The number of carbonyl (C=O) groups is 3. The molecule has 3 N–H and O–H groups in total. The van der Waals surface area contributed by atoms with Gasteiger partial charge in [0, 0.05) is 4.47 Å². The number of hydrogen-bond acceptors (Lipinski definition) is 4. The first kappa shape index (κ1) is 15.1. The summed E-state index contributed by atoms with van der Waals surface area (Å²) < 4.78 is 17.9. The van der Waals surface area contributed by atoms with Gasteiger partial charge in [-0.05, 0) is 41.1 Å². The first-order chi connectivity index (χ1) is 8.81. The number of urea groups is 1. The molecule has 19 heavy (non-hydrogen) atoms. The minimum Gasteiger partial charge on any atom is -0.449 e. The number of hydrogen-bond donors (Lipinski definition) is 2. The SMILES string of the molecule is C[C@@H](OC(=O)c1ccc(F)cc1Br)C(=O)NC(N)=O. The van der Waals surface area contributed by atoms with Gasteiger partial charge in [0.05, 0.1) is 5.56 Å². The van der Waals surface area contributed by atoms with Gasteiger partial charge in [-0.15, -0.1) is 0 Å². The van der Waals surface area contributed by atoms with Crippen molar-refractivity contribution in [2.24, 2.45) is 5.73 Å². The average Bonchev–Trinajstić information content (AvgIpc) is 2.27. The Balaban J connectivity index is 2.74. The summed E-state index contributed by atoms with van der Waals surface area (Å²) in [7, 11) is 0. The molecule has 1 rings (SSSR count). The van der Waals surface area contributed by atoms with Gasteiger partial charge in [0.25, 0.3) is 5.91 Å². The molecule has 0 radical (unpaired) electrons. The maximum absolute atomic E-state index is 12.8. The van der Waals surface area contributed by atoms with Crippen LogP contribution in [0, 0.1) is 5.82 Å². The number of halogens is 2. The largest absolute Gasteiger partial charge is 0.449 e. The topological polar surface area (TPSA) is 98.5 Å². The van der Waals surface area contributed by atoms with Gasteiger partial charge in [-0.3, -0.25) is 10.1 Å². The Morgan fingerprint density at radius 2 is 2.05 bits per heavy atom. The van der Waals surface area contributed by atoms with E-state index in [1.54, 1.807) is 5.32 Å². The van der Waals surface area contributed by atoms with E-state index in [0.29, 0.717) is 0 Å². The maximum Gasteiger partial charge on any atom is 0.340 e. The summed E-state index contributed by atoms with van der Waals surface area (Å²) in [5, 5.41) is 1.77. The Hall–Kier alpha value is -1.96. The number of nitrogens with two attached hydrogens (primary N) is 1. The molecule has 0 bridgehead atoms. The molecular formula is C11H10BrFN2O4. The Bertz CT molecular complexity index is 535. The molecule has 0 aliphatic carbocycles. The lowest BCUT2D eigenvalue weighted by molar-refractivity contribution is -0.127. The fraction of sp³-hybridized carbons (Fsp3) is 0.182. The molecule has 0 aliphatic heterocycles. The first-order valence-electron chi connectivity index (χ1n) is 5.07. The van der Waals surface area contributed by atoms with Crippen molar-refractivity contribution < 1.29 is 23.5 Å². The van der Waals surface area contributed by atoms with Crippen LogP contribution in [0.15, 0.2) is 22.7 Å². The number of imide groups is 1. The van der Waals surface area contributed by atoms with Gasteiger partial charge in [-0.25, -0.2) is 14.0 Å². The quantitative estimate of drug-likeness (QED) is 0.815. The Labute approximate surface area is 116 Å². The van der Waals surface area contributed by atoms with Crippen molar-refractivity contribution >= 4 is 33.8 Å². The van der Waals surface area contributed by atoms with Crippen LogP contribution in [0.1, 0.15) is 17.3 Å². The van der Waals surface area contributed by atoms with E-state index in [0.717, 1.165) is 12.1 Å². The van der Waals surface area contributed by atoms with Gasteiger partial charge in [-0.2, -0.15) is 0 Å². The molecule has 0 saturated carbocycles. The van der Waals surface area contributed by atoms with Crippen LogP contribution in [0.4, 0.5) is 9.18 Å². The predicted molar refractivity (Wildman–Crippen MR) is 66.7 cm³/mol. The van der Waals surface area contributed by atoms with Crippen molar-refractivity contribution in [1.82, 2.24) is 5.32 Å². The van der Waals surface area contributed by atoms with E-state index in [-0.39, 0.29) is 10.0 Å². The van der Waals surface area contributed by atoms with E-state index in [4.69, 9.17) is 10.5 Å². The number of esters is 1. The highest BCUT2D eigenvalue weighted by Crippen LogP contribution is 2.19. The molecule has 0 unspecified atom stereocenters. The lowest BCUT2D eigenvalue weighted by Gasteiger charge is -2.12. The van der Waals surface area contributed by atoms with Crippen molar-refractivity contribution in [3.05, 3.63) is 34.1 Å². The maximum atomic E-state index is 12.8. The first-order valence-corrected chi connectivity index (χ1v) is 5.87. The molecule has 102 valence electrons. The number of benzene rings is 1. The highest BCUT2D eigenvalue weighted by atomic mass is 79.9. The molecule has 1 aromatic rings. The zero-order chi connectivity index (χ0) is 14.6. The Morgan fingerprint density at radius 1 is 1.42 bits per heavy atom. The van der Waals surface area contributed by atoms with Crippen molar-refractivity contribution in [2.45, 2.75) is 13.0 Å². The molecule has 6 nitrogen and oxygen atoms in total. The van der Waals surface area contributed by atoms with Crippen LogP contribution in [0.2, 0.25) is 0 Å². The Morgan fingerprint density at radius 3 is 2.58 bits per heavy atom. The van der Waals surface area contributed by atoms with E-state index < -0.39 is 29.8 Å². The fourth-order valence-corrected chi connectivity index (χ4v) is 1.67. The summed E-state index contributed by atoms with van der Waals surface area (Å²) in [5.41, 5.74) is 4.81. The van der Waals surface area contributed by atoms with Crippen LogP contribution >= 0.6 is 15.9 Å². The molecule has 8 heteroatoms. The smallest absolute Gasteiger partial charge is 0.340 e. The number of amides is 3. The van der Waals surface area contributed by atoms with E-state index in [1.165, 1.54) is 13.0 Å². The summed E-state index contributed by atoms with van der Waals surface area (Å²) in [4.78, 5) is 33.5. The van der Waals surface area contributed by atoms with Crippen molar-refractivity contribution in [3.63, 3.8) is 0 Å². The molecule has 0 heterocycles. The monoisotopic (exact) mass is 332 g/mol.